The van der Waals surface area contributed by atoms with Gasteiger partial charge in [0.25, 0.3) is 0 Å². The number of nitrogens with one attached hydrogen (secondary N) is 1. The Morgan fingerprint density at radius 3 is 2.55 bits per heavy atom. The number of aryl methyl sites for hydroxylation is 1. The van der Waals surface area contributed by atoms with Gasteiger partial charge in [-0.15, -0.1) is 5.10 Å². The van der Waals surface area contributed by atoms with Crippen molar-refractivity contribution in [2.24, 2.45) is 0 Å². The van der Waals surface area contributed by atoms with Crippen molar-refractivity contribution in [1.29, 1.82) is 0 Å². The predicted molar refractivity (Wildman–Crippen MR) is 79.6 cm³/mol. The van der Waals surface area contributed by atoms with Crippen molar-refractivity contribution in [3.05, 3.63) is 41.5 Å². The van der Waals surface area contributed by atoms with Gasteiger partial charge in [0.2, 0.25) is 0 Å². The summed E-state index contributed by atoms with van der Waals surface area (Å²) in [6.45, 7) is 7.60. The highest BCUT2D eigenvalue weighted by Crippen LogP contribution is 2.14. The van der Waals surface area contributed by atoms with Crippen LogP contribution in [-0.2, 0) is 13.1 Å². The third kappa shape index (κ3) is 4.06. The van der Waals surface area contributed by atoms with Gasteiger partial charge < -0.3 is 14.6 Å². The lowest BCUT2D eigenvalue weighted by atomic mass is 10.3. The highest BCUT2D eigenvalue weighted by molar-refractivity contribution is 5.36. The smallest absolute Gasteiger partial charge is 0.151 e. The van der Waals surface area contributed by atoms with E-state index in [9.17, 15) is 0 Å². The van der Waals surface area contributed by atoms with E-state index in [1.54, 1.807) is 0 Å². The van der Waals surface area contributed by atoms with Crippen LogP contribution in [0.2, 0.25) is 0 Å². The Kier molecular flexibility index (Phi) is 4.74. The molecular weight excluding hydrogens is 252 g/mol. The summed E-state index contributed by atoms with van der Waals surface area (Å²) in [5.74, 6) is 2.69. The molecule has 0 fully saturated rings. The van der Waals surface area contributed by atoms with E-state index in [1.165, 1.54) is 0 Å². The number of aromatic nitrogens is 2. The summed E-state index contributed by atoms with van der Waals surface area (Å²) < 4.78 is 5.56. The SMILES string of the molecule is Cc1ccc(CN(C)c2ccc(CNC(C)C)nn2)o1. The zero-order valence-electron chi connectivity index (χ0n) is 12.6. The Morgan fingerprint density at radius 2 is 2.00 bits per heavy atom. The molecule has 0 saturated carbocycles. The van der Waals surface area contributed by atoms with Gasteiger partial charge in [0.05, 0.1) is 12.2 Å². The molecule has 0 aliphatic rings. The Morgan fingerprint density at radius 1 is 1.20 bits per heavy atom. The maximum atomic E-state index is 5.56. The lowest BCUT2D eigenvalue weighted by Crippen LogP contribution is -2.23. The number of furan rings is 1. The van der Waals surface area contributed by atoms with E-state index in [1.807, 2.05) is 43.1 Å². The standard InChI is InChI=1S/C15H22N4O/c1-11(2)16-9-13-6-8-15(18-17-13)19(4)10-14-7-5-12(3)20-14/h5-8,11,16H,9-10H2,1-4H3. The third-order valence-corrected chi connectivity index (χ3v) is 2.98. The minimum absolute atomic E-state index is 0.446. The van der Waals surface area contributed by atoms with E-state index >= 15 is 0 Å². The van der Waals surface area contributed by atoms with E-state index in [0.29, 0.717) is 12.6 Å². The predicted octanol–water partition coefficient (Wildman–Crippen LogP) is 2.51. The second-order valence-electron chi connectivity index (χ2n) is 5.29. The van der Waals surface area contributed by atoms with Gasteiger partial charge in [0, 0.05) is 19.6 Å². The van der Waals surface area contributed by atoms with Gasteiger partial charge >= 0.3 is 0 Å². The van der Waals surface area contributed by atoms with Crippen LogP contribution in [0.1, 0.15) is 31.1 Å². The molecule has 0 radical (unpaired) electrons. The Bertz CT molecular complexity index is 533. The van der Waals surface area contributed by atoms with Gasteiger partial charge in [-0.25, -0.2) is 0 Å². The van der Waals surface area contributed by atoms with Crippen molar-refractivity contribution >= 4 is 5.82 Å². The summed E-state index contributed by atoms with van der Waals surface area (Å²) in [4.78, 5) is 2.02. The molecule has 0 amide bonds. The molecule has 0 bridgehead atoms. The number of hydrogen-bond donors (Lipinski definition) is 1. The van der Waals surface area contributed by atoms with Crippen LogP contribution < -0.4 is 10.2 Å². The summed E-state index contributed by atoms with van der Waals surface area (Å²) in [6, 6.07) is 8.39. The number of hydrogen-bond acceptors (Lipinski definition) is 5. The average molecular weight is 274 g/mol. The fraction of sp³-hybridized carbons (Fsp3) is 0.467. The van der Waals surface area contributed by atoms with E-state index in [4.69, 9.17) is 4.42 Å². The van der Waals surface area contributed by atoms with Crippen molar-refractivity contribution in [3.8, 4) is 0 Å². The van der Waals surface area contributed by atoms with Gasteiger partial charge in [-0.2, -0.15) is 5.10 Å². The van der Waals surface area contributed by atoms with E-state index in [0.717, 1.165) is 29.6 Å². The zero-order chi connectivity index (χ0) is 14.5. The van der Waals surface area contributed by atoms with Crippen LogP contribution in [0.25, 0.3) is 0 Å². The van der Waals surface area contributed by atoms with Gasteiger partial charge in [0.1, 0.15) is 11.5 Å². The fourth-order valence-electron chi connectivity index (χ4n) is 1.84. The zero-order valence-corrected chi connectivity index (χ0v) is 12.6. The molecule has 0 aliphatic heterocycles. The van der Waals surface area contributed by atoms with Gasteiger partial charge in [-0.3, -0.25) is 0 Å². The summed E-state index contributed by atoms with van der Waals surface area (Å²) in [7, 11) is 1.98. The minimum Gasteiger partial charge on any atom is -0.464 e. The molecule has 108 valence electrons. The van der Waals surface area contributed by atoms with Crippen LogP contribution in [0.5, 0.6) is 0 Å². The lowest BCUT2D eigenvalue weighted by Gasteiger charge is -2.16. The Balaban J connectivity index is 1.94. The first-order chi connectivity index (χ1) is 9.54. The van der Waals surface area contributed by atoms with Crippen LogP contribution in [-0.4, -0.2) is 23.3 Å². The summed E-state index contributed by atoms with van der Waals surface area (Å²) in [6.07, 6.45) is 0. The molecule has 2 aromatic heterocycles. The number of rotatable bonds is 6. The summed E-state index contributed by atoms with van der Waals surface area (Å²) in [5, 5.41) is 11.8. The molecule has 0 spiro atoms. The second kappa shape index (κ2) is 6.52. The van der Waals surface area contributed by atoms with Gasteiger partial charge in [-0.1, -0.05) is 13.8 Å². The molecule has 0 atom stereocenters. The van der Waals surface area contributed by atoms with Crippen molar-refractivity contribution in [3.63, 3.8) is 0 Å². The quantitative estimate of drug-likeness (QED) is 0.877. The largest absolute Gasteiger partial charge is 0.464 e. The van der Waals surface area contributed by atoms with Crippen molar-refractivity contribution < 1.29 is 4.42 Å². The summed E-state index contributed by atoms with van der Waals surface area (Å²) >= 11 is 0. The Labute approximate surface area is 120 Å². The first-order valence-corrected chi connectivity index (χ1v) is 6.87. The molecule has 2 aromatic rings. The molecule has 0 saturated heterocycles. The van der Waals surface area contributed by atoms with Crippen LogP contribution in [0.4, 0.5) is 5.82 Å². The van der Waals surface area contributed by atoms with Gasteiger partial charge in [0.15, 0.2) is 5.82 Å². The third-order valence-electron chi connectivity index (χ3n) is 2.98. The molecule has 2 heterocycles. The van der Waals surface area contributed by atoms with Crippen LogP contribution in [0.15, 0.2) is 28.7 Å². The molecule has 5 nitrogen and oxygen atoms in total. The van der Waals surface area contributed by atoms with Gasteiger partial charge in [-0.05, 0) is 31.2 Å². The Hall–Kier alpha value is -1.88. The van der Waals surface area contributed by atoms with Crippen LogP contribution in [0.3, 0.4) is 0 Å². The van der Waals surface area contributed by atoms with Crippen molar-refractivity contribution in [2.45, 2.75) is 39.9 Å². The average Bonchev–Trinajstić information content (AvgIpc) is 2.82. The first-order valence-electron chi connectivity index (χ1n) is 6.87. The van der Waals surface area contributed by atoms with E-state index < -0.39 is 0 Å². The van der Waals surface area contributed by atoms with Crippen molar-refractivity contribution in [1.82, 2.24) is 15.5 Å². The van der Waals surface area contributed by atoms with Crippen molar-refractivity contribution in [2.75, 3.05) is 11.9 Å². The molecule has 2 rings (SSSR count). The highest BCUT2D eigenvalue weighted by atomic mass is 16.3. The van der Waals surface area contributed by atoms with E-state index in [-0.39, 0.29) is 0 Å². The maximum absolute atomic E-state index is 5.56. The normalized spacial score (nSPS) is 11.1. The van der Waals surface area contributed by atoms with Crippen LogP contribution >= 0.6 is 0 Å². The molecule has 0 aliphatic carbocycles. The summed E-state index contributed by atoms with van der Waals surface area (Å²) in [5.41, 5.74) is 0.949. The minimum atomic E-state index is 0.446. The number of nitrogens with zero attached hydrogens (tertiary/aromatic N) is 3. The first kappa shape index (κ1) is 14.5. The molecule has 0 unspecified atom stereocenters. The fourth-order valence-corrected chi connectivity index (χ4v) is 1.84. The second-order valence-corrected chi connectivity index (χ2v) is 5.29. The molecular formula is C15H22N4O. The monoisotopic (exact) mass is 274 g/mol. The van der Waals surface area contributed by atoms with Crippen LogP contribution in [0, 0.1) is 6.92 Å². The van der Waals surface area contributed by atoms with E-state index in [2.05, 4.69) is 29.4 Å². The molecule has 0 aromatic carbocycles. The topological polar surface area (TPSA) is 54.2 Å². The molecule has 20 heavy (non-hydrogen) atoms. The molecule has 5 heteroatoms. The lowest BCUT2D eigenvalue weighted by molar-refractivity contribution is 0.481. The molecule has 1 N–H and O–H groups in total. The highest BCUT2D eigenvalue weighted by Gasteiger charge is 2.07. The number of anilines is 1. The maximum Gasteiger partial charge on any atom is 0.151 e.